The Labute approximate surface area is 81.5 Å². The van der Waals surface area contributed by atoms with Gasteiger partial charge in [-0.05, 0) is 12.1 Å². The standard InChI is InChI=1S/C9H11N3O2/c10-7-1-2-8(11-5-7)9(13)12-3-4-14-6-12/h1-2,5H,3-4,6,10H2. The van der Waals surface area contributed by atoms with Crippen molar-refractivity contribution in [1.82, 2.24) is 9.88 Å². The average molecular weight is 193 g/mol. The van der Waals surface area contributed by atoms with Gasteiger partial charge in [0, 0.05) is 6.54 Å². The molecule has 0 saturated carbocycles. The summed E-state index contributed by atoms with van der Waals surface area (Å²) in [6.45, 7) is 1.58. The molecule has 5 nitrogen and oxygen atoms in total. The molecule has 1 aliphatic rings. The maximum atomic E-state index is 11.7. The Morgan fingerprint density at radius 3 is 3.00 bits per heavy atom. The van der Waals surface area contributed by atoms with E-state index in [1.54, 1.807) is 17.0 Å². The van der Waals surface area contributed by atoms with E-state index < -0.39 is 0 Å². The van der Waals surface area contributed by atoms with Crippen LogP contribution in [0.25, 0.3) is 0 Å². The number of nitrogen functional groups attached to an aromatic ring is 1. The molecule has 2 heterocycles. The molecule has 5 heteroatoms. The Morgan fingerprint density at radius 1 is 1.57 bits per heavy atom. The number of ether oxygens (including phenoxy) is 1. The molecule has 0 bridgehead atoms. The van der Waals surface area contributed by atoms with Gasteiger partial charge in [-0.1, -0.05) is 0 Å². The van der Waals surface area contributed by atoms with Gasteiger partial charge in [-0.25, -0.2) is 4.98 Å². The first-order valence-electron chi connectivity index (χ1n) is 4.36. The number of pyridine rings is 1. The van der Waals surface area contributed by atoms with Gasteiger partial charge in [0.15, 0.2) is 0 Å². The van der Waals surface area contributed by atoms with Crippen LogP contribution in [0.4, 0.5) is 5.69 Å². The van der Waals surface area contributed by atoms with Crippen molar-refractivity contribution in [3.05, 3.63) is 24.0 Å². The van der Waals surface area contributed by atoms with E-state index in [4.69, 9.17) is 10.5 Å². The van der Waals surface area contributed by atoms with Gasteiger partial charge in [0.25, 0.3) is 5.91 Å². The Bertz CT molecular complexity index is 330. The van der Waals surface area contributed by atoms with Crippen molar-refractivity contribution in [3.8, 4) is 0 Å². The monoisotopic (exact) mass is 193 g/mol. The molecule has 1 aliphatic heterocycles. The number of amides is 1. The van der Waals surface area contributed by atoms with Gasteiger partial charge in [0.05, 0.1) is 18.5 Å². The number of anilines is 1. The van der Waals surface area contributed by atoms with Crippen LogP contribution in [0.15, 0.2) is 18.3 Å². The third-order valence-electron chi connectivity index (χ3n) is 2.05. The van der Waals surface area contributed by atoms with Crippen molar-refractivity contribution >= 4 is 11.6 Å². The van der Waals surface area contributed by atoms with Crippen LogP contribution in [-0.4, -0.2) is 35.7 Å². The van der Waals surface area contributed by atoms with E-state index >= 15 is 0 Å². The number of hydrogen-bond donors (Lipinski definition) is 1. The molecule has 0 atom stereocenters. The quantitative estimate of drug-likeness (QED) is 0.686. The minimum Gasteiger partial charge on any atom is -0.397 e. The summed E-state index contributed by atoms with van der Waals surface area (Å²) in [6, 6.07) is 3.28. The molecule has 2 rings (SSSR count). The van der Waals surface area contributed by atoms with Crippen LogP contribution in [0.2, 0.25) is 0 Å². The Morgan fingerprint density at radius 2 is 2.43 bits per heavy atom. The van der Waals surface area contributed by atoms with Gasteiger partial charge < -0.3 is 15.4 Å². The van der Waals surface area contributed by atoms with E-state index in [1.165, 1.54) is 6.20 Å². The summed E-state index contributed by atoms with van der Waals surface area (Å²) >= 11 is 0. The van der Waals surface area contributed by atoms with E-state index in [0.29, 0.717) is 31.3 Å². The molecule has 1 aromatic heterocycles. The number of nitrogens with two attached hydrogens (primary N) is 1. The van der Waals surface area contributed by atoms with Crippen molar-refractivity contribution in [3.63, 3.8) is 0 Å². The molecular weight excluding hydrogens is 182 g/mol. The fourth-order valence-electron chi connectivity index (χ4n) is 1.27. The smallest absolute Gasteiger partial charge is 0.274 e. The summed E-state index contributed by atoms with van der Waals surface area (Å²) in [6.07, 6.45) is 1.48. The maximum Gasteiger partial charge on any atom is 0.274 e. The van der Waals surface area contributed by atoms with E-state index in [1.807, 2.05) is 0 Å². The molecule has 2 N–H and O–H groups in total. The number of rotatable bonds is 1. The summed E-state index contributed by atoms with van der Waals surface area (Å²) < 4.78 is 5.08. The van der Waals surface area contributed by atoms with Crippen molar-refractivity contribution in [1.29, 1.82) is 0 Å². The van der Waals surface area contributed by atoms with Crippen molar-refractivity contribution < 1.29 is 9.53 Å². The largest absolute Gasteiger partial charge is 0.397 e. The fraction of sp³-hybridized carbons (Fsp3) is 0.333. The summed E-state index contributed by atoms with van der Waals surface area (Å²) in [5.74, 6) is -0.109. The number of carbonyl (C=O) groups is 1. The topological polar surface area (TPSA) is 68.5 Å². The second-order valence-electron chi connectivity index (χ2n) is 3.08. The van der Waals surface area contributed by atoms with Crippen LogP contribution in [0.3, 0.4) is 0 Å². The number of carbonyl (C=O) groups excluding carboxylic acids is 1. The highest BCUT2D eigenvalue weighted by atomic mass is 16.5. The fourth-order valence-corrected chi connectivity index (χ4v) is 1.27. The number of aromatic nitrogens is 1. The Kier molecular flexibility index (Phi) is 2.32. The predicted molar refractivity (Wildman–Crippen MR) is 50.5 cm³/mol. The second kappa shape index (κ2) is 3.63. The number of nitrogens with zero attached hydrogens (tertiary/aromatic N) is 2. The maximum absolute atomic E-state index is 11.7. The number of hydrogen-bond acceptors (Lipinski definition) is 4. The van der Waals surface area contributed by atoms with Crippen molar-refractivity contribution in [2.24, 2.45) is 0 Å². The molecule has 1 aromatic rings. The minimum atomic E-state index is -0.109. The van der Waals surface area contributed by atoms with Crippen molar-refractivity contribution in [2.75, 3.05) is 25.6 Å². The zero-order valence-electron chi connectivity index (χ0n) is 7.64. The molecule has 14 heavy (non-hydrogen) atoms. The van der Waals surface area contributed by atoms with E-state index in [0.717, 1.165) is 0 Å². The first kappa shape index (κ1) is 8.96. The average Bonchev–Trinajstić information content (AvgIpc) is 2.71. The van der Waals surface area contributed by atoms with E-state index in [-0.39, 0.29) is 5.91 Å². The zero-order valence-corrected chi connectivity index (χ0v) is 7.64. The van der Waals surface area contributed by atoms with Crippen LogP contribution < -0.4 is 5.73 Å². The molecule has 0 aromatic carbocycles. The highest BCUT2D eigenvalue weighted by Gasteiger charge is 2.20. The summed E-state index contributed by atoms with van der Waals surface area (Å²) in [5.41, 5.74) is 6.43. The van der Waals surface area contributed by atoms with Crippen LogP contribution in [0.1, 0.15) is 10.5 Å². The van der Waals surface area contributed by atoms with Crippen LogP contribution in [0, 0.1) is 0 Å². The van der Waals surface area contributed by atoms with E-state index in [9.17, 15) is 4.79 Å². The van der Waals surface area contributed by atoms with Crippen LogP contribution in [0.5, 0.6) is 0 Å². The van der Waals surface area contributed by atoms with Gasteiger partial charge in [-0.3, -0.25) is 4.79 Å². The minimum absolute atomic E-state index is 0.109. The first-order chi connectivity index (χ1) is 6.77. The summed E-state index contributed by atoms with van der Waals surface area (Å²) in [7, 11) is 0. The lowest BCUT2D eigenvalue weighted by Gasteiger charge is -2.12. The Balaban J connectivity index is 2.14. The zero-order chi connectivity index (χ0) is 9.97. The highest BCUT2D eigenvalue weighted by Crippen LogP contribution is 2.07. The molecule has 0 radical (unpaired) electrons. The normalized spacial score (nSPS) is 15.9. The molecule has 1 saturated heterocycles. The molecule has 0 unspecified atom stereocenters. The third kappa shape index (κ3) is 1.67. The van der Waals surface area contributed by atoms with E-state index in [2.05, 4.69) is 4.98 Å². The lowest BCUT2D eigenvalue weighted by atomic mass is 10.3. The lowest BCUT2D eigenvalue weighted by molar-refractivity contribution is 0.0689. The molecule has 1 amide bonds. The van der Waals surface area contributed by atoms with Gasteiger partial charge in [-0.2, -0.15) is 0 Å². The molecule has 0 aliphatic carbocycles. The molecule has 0 spiro atoms. The lowest BCUT2D eigenvalue weighted by Crippen LogP contribution is -2.28. The molecule has 1 fully saturated rings. The highest BCUT2D eigenvalue weighted by molar-refractivity contribution is 5.92. The van der Waals surface area contributed by atoms with Gasteiger partial charge in [0.2, 0.25) is 0 Å². The van der Waals surface area contributed by atoms with Crippen LogP contribution >= 0.6 is 0 Å². The SMILES string of the molecule is Nc1ccc(C(=O)N2CCOC2)nc1. The van der Waals surface area contributed by atoms with Gasteiger partial charge >= 0.3 is 0 Å². The molecule has 74 valence electrons. The first-order valence-corrected chi connectivity index (χ1v) is 4.36. The summed E-state index contributed by atoms with van der Waals surface area (Å²) in [4.78, 5) is 17.3. The van der Waals surface area contributed by atoms with Gasteiger partial charge in [0.1, 0.15) is 12.4 Å². The van der Waals surface area contributed by atoms with Crippen molar-refractivity contribution in [2.45, 2.75) is 0 Å². The van der Waals surface area contributed by atoms with Crippen LogP contribution in [-0.2, 0) is 4.74 Å². The predicted octanol–water partition coefficient (Wildman–Crippen LogP) is 0.0937. The Hall–Kier alpha value is -1.62. The summed E-state index contributed by atoms with van der Waals surface area (Å²) in [5, 5.41) is 0. The third-order valence-corrected chi connectivity index (χ3v) is 2.05. The van der Waals surface area contributed by atoms with Gasteiger partial charge in [-0.15, -0.1) is 0 Å². The second-order valence-corrected chi connectivity index (χ2v) is 3.08. The molecular formula is C9H11N3O2.